The Morgan fingerprint density at radius 2 is 2.14 bits per heavy atom. The Balaban J connectivity index is 1.84. The fourth-order valence-electron chi connectivity index (χ4n) is 2.98. The molecule has 1 saturated heterocycles. The number of thiophene rings is 1. The summed E-state index contributed by atoms with van der Waals surface area (Å²) in [7, 11) is 0. The van der Waals surface area contributed by atoms with E-state index in [2.05, 4.69) is 31.8 Å². The van der Waals surface area contributed by atoms with E-state index in [1.165, 1.54) is 18.4 Å². The lowest BCUT2D eigenvalue weighted by molar-refractivity contribution is 0.277. The van der Waals surface area contributed by atoms with E-state index in [1.54, 1.807) is 27.2 Å². The van der Waals surface area contributed by atoms with Crippen molar-refractivity contribution in [3.05, 3.63) is 33.1 Å². The van der Waals surface area contributed by atoms with Crippen molar-refractivity contribution in [1.29, 1.82) is 0 Å². The maximum Gasteiger partial charge on any atom is 0.230 e. The molecule has 1 fully saturated rings. The first-order valence-corrected chi connectivity index (χ1v) is 8.81. The molecule has 1 unspecified atom stereocenters. The van der Waals surface area contributed by atoms with Crippen molar-refractivity contribution in [2.24, 2.45) is 0 Å². The van der Waals surface area contributed by atoms with Gasteiger partial charge in [0.2, 0.25) is 10.8 Å². The van der Waals surface area contributed by atoms with Crippen molar-refractivity contribution in [1.82, 2.24) is 19.5 Å². The van der Waals surface area contributed by atoms with E-state index in [4.69, 9.17) is 0 Å². The summed E-state index contributed by atoms with van der Waals surface area (Å²) in [6, 6.07) is 2.27. The lowest BCUT2D eigenvalue weighted by atomic mass is 10.1. The van der Waals surface area contributed by atoms with Crippen molar-refractivity contribution >= 4 is 27.6 Å². The number of likely N-dealkylation sites (tertiary alicyclic amines) is 1. The molecule has 0 aliphatic carbocycles. The van der Waals surface area contributed by atoms with Gasteiger partial charge in [0.25, 0.3) is 0 Å². The fourth-order valence-corrected chi connectivity index (χ4v) is 4.83. The molecule has 7 heteroatoms. The number of hydrogen-bond acceptors (Lipinski definition) is 6. The minimum Gasteiger partial charge on any atom is -0.492 e. The summed E-state index contributed by atoms with van der Waals surface area (Å²) in [5.41, 5.74) is 1.25. The molecule has 0 spiro atoms. The number of aromatic nitrogens is 3. The second-order valence-electron chi connectivity index (χ2n) is 5.35. The number of fused-ring (bicyclic) bond motifs is 1. The summed E-state index contributed by atoms with van der Waals surface area (Å²) in [5.74, 6) is 0.926. The molecule has 1 aliphatic heterocycles. The standard InChI is InChI=1S/C14H16N4OS2/c1-9-15-14-18(16-9)13(19)12(21-14)11(10-4-7-20-8-10)17-5-2-3-6-17/h4,7-8,11,19H,2-3,5-6H2,1H3. The Morgan fingerprint density at radius 1 is 1.33 bits per heavy atom. The van der Waals surface area contributed by atoms with Crippen LogP contribution in [0.2, 0.25) is 0 Å². The van der Waals surface area contributed by atoms with Crippen LogP contribution in [0.5, 0.6) is 5.88 Å². The van der Waals surface area contributed by atoms with Crippen molar-refractivity contribution in [3.63, 3.8) is 0 Å². The van der Waals surface area contributed by atoms with Crippen molar-refractivity contribution in [3.8, 4) is 5.88 Å². The lowest BCUT2D eigenvalue weighted by Gasteiger charge is -2.25. The molecule has 1 atom stereocenters. The second-order valence-corrected chi connectivity index (χ2v) is 7.13. The summed E-state index contributed by atoms with van der Waals surface area (Å²) in [6.45, 7) is 3.99. The van der Waals surface area contributed by atoms with Crippen LogP contribution in [0.15, 0.2) is 16.8 Å². The SMILES string of the molecule is Cc1nc2sc(C(c3ccsc3)N3CCCC3)c(O)n2n1. The molecular weight excluding hydrogens is 304 g/mol. The topological polar surface area (TPSA) is 53.7 Å². The third-order valence-corrected chi connectivity index (χ3v) is 5.69. The van der Waals surface area contributed by atoms with Gasteiger partial charge in [0.1, 0.15) is 5.82 Å². The minimum atomic E-state index is 0.118. The zero-order valence-corrected chi connectivity index (χ0v) is 13.3. The van der Waals surface area contributed by atoms with E-state index in [1.807, 2.05) is 6.92 Å². The summed E-state index contributed by atoms with van der Waals surface area (Å²) >= 11 is 3.24. The van der Waals surface area contributed by atoms with Gasteiger partial charge in [-0.25, -0.2) is 4.98 Å². The second kappa shape index (κ2) is 5.08. The summed E-state index contributed by atoms with van der Waals surface area (Å²) in [5, 5.41) is 19.1. The van der Waals surface area contributed by atoms with E-state index in [-0.39, 0.29) is 11.9 Å². The van der Waals surface area contributed by atoms with Crippen LogP contribution in [-0.2, 0) is 0 Å². The van der Waals surface area contributed by atoms with Crippen LogP contribution in [0.3, 0.4) is 0 Å². The fraction of sp³-hybridized carbons (Fsp3) is 0.429. The van der Waals surface area contributed by atoms with Crippen LogP contribution in [0.4, 0.5) is 0 Å². The average molecular weight is 320 g/mol. The number of nitrogens with zero attached hydrogens (tertiary/aromatic N) is 4. The summed E-state index contributed by atoms with van der Waals surface area (Å²) < 4.78 is 1.56. The molecule has 3 aromatic heterocycles. The molecule has 4 rings (SSSR count). The Labute approximate surface area is 130 Å². The lowest BCUT2D eigenvalue weighted by Crippen LogP contribution is -2.25. The van der Waals surface area contributed by atoms with Gasteiger partial charge >= 0.3 is 0 Å². The highest BCUT2D eigenvalue weighted by Crippen LogP contribution is 2.41. The van der Waals surface area contributed by atoms with Crippen molar-refractivity contribution < 1.29 is 5.11 Å². The predicted octanol–water partition coefficient (Wildman–Crippen LogP) is 3.05. The van der Waals surface area contributed by atoms with Crippen LogP contribution < -0.4 is 0 Å². The third-order valence-electron chi connectivity index (χ3n) is 3.92. The summed E-state index contributed by atoms with van der Waals surface area (Å²) in [6.07, 6.45) is 2.45. The normalized spacial score (nSPS) is 17.8. The Kier molecular flexibility index (Phi) is 3.20. The van der Waals surface area contributed by atoms with Gasteiger partial charge in [-0.05, 0) is 55.2 Å². The number of aromatic hydroxyl groups is 1. The number of rotatable bonds is 3. The van der Waals surface area contributed by atoms with E-state index >= 15 is 0 Å². The smallest absolute Gasteiger partial charge is 0.230 e. The highest BCUT2D eigenvalue weighted by Gasteiger charge is 2.31. The van der Waals surface area contributed by atoms with Gasteiger partial charge in [-0.15, -0.1) is 5.10 Å². The molecule has 1 aliphatic rings. The van der Waals surface area contributed by atoms with Crippen molar-refractivity contribution in [2.75, 3.05) is 13.1 Å². The van der Waals surface area contributed by atoms with Gasteiger partial charge < -0.3 is 5.11 Å². The Hall–Kier alpha value is -1.44. The maximum absolute atomic E-state index is 10.6. The van der Waals surface area contributed by atoms with Gasteiger partial charge in [0.05, 0.1) is 10.9 Å². The van der Waals surface area contributed by atoms with Crippen LogP contribution in [-0.4, -0.2) is 37.7 Å². The van der Waals surface area contributed by atoms with Gasteiger partial charge in [-0.3, -0.25) is 4.90 Å². The molecule has 3 aromatic rings. The molecule has 4 heterocycles. The van der Waals surface area contributed by atoms with E-state index in [0.717, 1.165) is 22.9 Å². The van der Waals surface area contributed by atoms with E-state index in [9.17, 15) is 5.11 Å². The van der Waals surface area contributed by atoms with E-state index in [0.29, 0.717) is 5.82 Å². The minimum absolute atomic E-state index is 0.118. The highest BCUT2D eigenvalue weighted by atomic mass is 32.1. The van der Waals surface area contributed by atoms with Crippen LogP contribution >= 0.6 is 22.7 Å². The number of aryl methyl sites for hydroxylation is 1. The van der Waals surface area contributed by atoms with Crippen LogP contribution in [0.25, 0.3) is 4.96 Å². The predicted molar refractivity (Wildman–Crippen MR) is 84.2 cm³/mol. The largest absolute Gasteiger partial charge is 0.492 e. The maximum atomic E-state index is 10.6. The number of thiazole rings is 1. The molecule has 21 heavy (non-hydrogen) atoms. The Morgan fingerprint density at radius 3 is 2.81 bits per heavy atom. The quantitative estimate of drug-likeness (QED) is 0.806. The monoisotopic (exact) mass is 320 g/mol. The first kappa shape index (κ1) is 13.2. The number of hydrogen-bond donors (Lipinski definition) is 1. The molecule has 0 radical (unpaired) electrons. The zero-order chi connectivity index (χ0) is 14.4. The van der Waals surface area contributed by atoms with Gasteiger partial charge in [0.15, 0.2) is 0 Å². The molecule has 0 saturated carbocycles. The Bertz CT molecular complexity index is 755. The van der Waals surface area contributed by atoms with Crippen molar-refractivity contribution in [2.45, 2.75) is 25.8 Å². The van der Waals surface area contributed by atoms with Gasteiger partial charge in [-0.1, -0.05) is 11.3 Å². The average Bonchev–Trinajstić information content (AvgIpc) is 3.20. The molecule has 0 bridgehead atoms. The molecule has 0 aromatic carbocycles. The molecule has 5 nitrogen and oxygen atoms in total. The van der Waals surface area contributed by atoms with Gasteiger partial charge in [0, 0.05) is 0 Å². The molecule has 1 N–H and O–H groups in total. The summed E-state index contributed by atoms with van der Waals surface area (Å²) in [4.78, 5) is 8.54. The molecule has 0 amide bonds. The highest BCUT2D eigenvalue weighted by molar-refractivity contribution is 7.17. The first-order chi connectivity index (χ1) is 10.2. The first-order valence-electron chi connectivity index (χ1n) is 7.05. The van der Waals surface area contributed by atoms with Gasteiger partial charge in [-0.2, -0.15) is 15.9 Å². The van der Waals surface area contributed by atoms with E-state index < -0.39 is 0 Å². The zero-order valence-electron chi connectivity index (χ0n) is 11.7. The molecule has 110 valence electrons. The molecular formula is C14H16N4OS2. The van der Waals surface area contributed by atoms with Crippen LogP contribution in [0, 0.1) is 6.92 Å². The van der Waals surface area contributed by atoms with Crippen LogP contribution in [0.1, 0.15) is 35.1 Å². The third kappa shape index (κ3) is 2.16.